The van der Waals surface area contributed by atoms with Crippen LogP contribution in [-0.2, 0) is 8.85 Å². The van der Waals surface area contributed by atoms with Crippen molar-refractivity contribution in [2.45, 2.75) is 163 Å². The van der Waals surface area contributed by atoms with Gasteiger partial charge in [0.25, 0.3) is 0 Å². The molecule has 0 spiro atoms. The molecule has 8 rings (SSSR count). The summed E-state index contributed by atoms with van der Waals surface area (Å²) in [7, 11) is -23.4. The van der Waals surface area contributed by atoms with Gasteiger partial charge in [0.1, 0.15) is 14.2 Å². The zero-order valence-corrected chi connectivity index (χ0v) is 80.2. The molecule has 0 saturated carbocycles. The summed E-state index contributed by atoms with van der Waals surface area (Å²) in [6.07, 6.45) is 0. The quantitative estimate of drug-likeness (QED) is 0.0346. The third-order valence-corrected chi connectivity index (χ3v) is 175. The van der Waals surface area contributed by atoms with E-state index in [0.717, 1.165) is 105 Å². The second-order valence-electron chi connectivity index (χ2n) is 31.0. The van der Waals surface area contributed by atoms with Crippen molar-refractivity contribution < 1.29 is 8.85 Å². The zero-order chi connectivity index (χ0) is 79.2. The van der Waals surface area contributed by atoms with E-state index in [1.807, 2.05) is 0 Å². The molecule has 10 nitrogen and oxygen atoms in total. The Hall–Kier alpha value is -6.18. The maximum Gasteiger partial charge on any atom is 0.209 e. The van der Waals surface area contributed by atoms with E-state index in [4.69, 9.17) is 8.85 Å². The molecular weight excluding hydrogens is 1450 g/mol. The number of anilines is 8. The second-order valence-corrected chi connectivity index (χ2v) is 105. The van der Waals surface area contributed by atoms with E-state index in [1.54, 1.807) is 20.7 Å². The molecule has 0 N–H and O–H groups in total. The molecule has 0 bridgehead atoms. The number of hydrogen-bond donors (Lipinski definition) is 0. The van der Waals surface area contributed by atoms with Crippen molar-refractivity contribution in [2.24, 2.45) is 0 Å². The largest absolute Gasteiger partial charge is 0.418 e. The van der Waals surface area contributed by atoms with Crippen molar-refractivity contribution in [1.29, 1.82) is 0 Å². The fourth-order valence-electron chi connectivity index (χ4n) is 20.3. The summed E-state index contributed by atoms with van der Waals surface area (Å²) in [5.74, 6) is 0. The van der Waals surface area contributed by atoms with E-state index in [2.05, 4.69) is 411 Å². The first-order chi connectivity index (χ1) is 51.8. The van der Waals surface area contributed by atoms with E-state index in [0.29, 0.717) is 0 Å². The molecule has 0 radical (unpaired) electrons. The maximum atomic E-state index is 8.18. The van der Waals surface area contributed by atoms with Crippen LogP contribution in [0.4, 0.5) is 45.5 Å². The molecule has 8 aromatic rings. The van der Waals surface area contributed by atoms with E-state index in [9.17, 15) is 0 Å². The molecule has 0 aliphatic carbocycles. The third kappa shape index (κ3) is 15.0. The van der Waals surface area contributed by atoms with Gasteiger partial charge < -0.3 is 48.1 Å². The number of nitrogens with zero attached hydrogens (tertiary/aromatic N) is 8. The molecule has 18 heteroatoms. The predicted molar refractivity (Wildman–Crippen MR) is 504 cm³/mol. The van der Waals surface area contributed by atoms with Gasteiger partial charge in [0.15, 0.2) is 0 Å². The maximum absolute atomic E-state index is 8.18. The van der Waals surface area contributed by atoms with Gasteiger partial charge in [-0.3, -0.25) is 0 Å². The highest BCUT2D eigenvalue weighted by atomic mass is 30.1. The van der Waals surface area contributed by atoms with Crippen LogP contribution in [0.15, 0.2) is 194 Å². The summed E-state index contributed by atoms with van der Waals surface area (Å²) in [5, 5.41) is 12.2. The summed E-state index contributed by atoms with van der Waals surface area (Å²) >= 11 is 0. The molecule has 8 unspecified atom stereocenters. The Morgan fingerprint density at radius 1 is 0.167 bits per heavy atom. The number of hydrogen-bond acceptors (Lipinski definition) is 10. The monoisotopic (exact) mass is 1590 g/mol. The van der Waals surface area contributed by atoms with Gasteiger partial charge in [-0.05, 0) is 231 Å². The molecule has 0 amide bonds. The van der Waals surface area contributed by atoms with Crippen molar-refractivity contribution in [3.63, 3.8) is 0 Å². The van der Waals surface area contributed by atoms with E-state index in [-0.39, 0.29) is 0 Å². The molecule has 0 fully saturated rings. The normalized spacial score (nSPS) is 16.2. The standard InChI is InChI=1S/C90H142N8O2Si8/c1-27-91(28-2)75-43-59-83(60-44-75)101(19,99-17)103(21,85-63-47-77(48-64-85)93(31-5)32-6)105(23,87-67-51-79(52-68-87)95(35-9)36-10)107(25,89-71-55-81(56-72-89)97(39-13)40-14)108(26,90-73-57-82(58-74-90)98(41-15)42-16)106(24,88-69-53-80(54-70-88)96(37-11)38-12)104(22,86-65-49-78(50-66-86)94(33-7)34-8)102(20,100-18)84-61-45-76(46-62-84)92(29-3)30-4/h43-74H,27-42H2,1-26H3. The highest BCUT2D eigenvalue weighted by Crippen LogP contribution is 2.48. The van der Waals surface area contributed by atoms with Crippen molar-refractivity contribution >= 4 is 145 Å². The molecule has 108 heavy (non-hydrogen) atoms. The van der Waals surface area contributed by atoms with Crippen molar-refractivity contribution in [2.75, 3.05) is 158 Å². The minimum atomic E-state index is -3.59. The Morgan fingerprint density at radius 2 is 0.269 bits per heavy atom. The van der Waals surface area contributed by atoms with Crippen molar-refractivity contribution in [3.8, 4) is 0 Å². The summed E-state index contributed by atoms with van der Waals surface area (Å²) in [5.41, 5.74) is 10.3. The minimum absolute atomic E-state index is 0.933. The summed E-state index contributed by atoms with van der Waals surface area (Å²) < 4.78 is 16.4. The SMILES string of the molecule is CCN(CC)c1ccc([Si](C)(OC)[Si](C)(c2ccc(N(CC)CC)cc2)[Si](C)(c2ccc(N(CC)CC)cc2)[Si](C)(c2ccc(N(CC)CC)cc2)[Si](C)(c2ccc(N(CC)CC)cc2)[Si](C)(c2ccc(N(CC)CC)cc2)[Si](C)(c2ccc(N(CC)CC)cc2)[Si](C)(OC)c2ccc(N(CC)CC)cc2)cc1. The number of rotatable bonds is 41. The van der Waals surface area contributed by atoms with Crippen LogP contribution in [0.2, 0.25) is 52.4 Å². The lowest BCUT2D eigenvalue weighted by molar-refractivity contribution is 0.425. The van der Waals surface area contributed by atoms with Crippen LogP contribution in [0.1, 0.15) is 111 Å². The van der Waals surface area contributed by atoms with Crippen LogP contribution in [0.3, 0.4) is 0 Å². The Balaban J connectivity index is 1.82. The highest BCUT2D eigenvalue weighted by molar-refractivity contribution is 8.11. The third-order valence-electron chi connectivity index (χ3n) is 28.3. The molecule has 586 valence electrons. The summed E-state index contributed by atoms with van der Waals surface area (Å²) in [6.45, 7) is 75.8. The van der Waals surface area contributed by atoms with Crippen molar-refractivity contribution in [1.82, 2.24) is 0 Å². The van der Waals surface area contributed by atoms with E-state index < -0.39 is 58.3 Å². The number of benzene rings is 8. The van der Waals surface area contributed by atoms with Gasteiger partial charge in [0, 0.05) is 164 Å². The van der Waals surface area contributed by atoms with Gasteiger partial charge >= 0.3 is 0 Å². The van der Waals surface area contributed by atoms with Crippen LogP contribution in [-0.4, -0.2) is 177 Å². The van der Waals surface area contributed by atoms with Crippen LogP contribution < -0.4 is 80.7 Å². The van der Waals surface area contributed by atoms with Crippen LogP contribution in [0.25, 0.3) is 0 Å². The van der Waals surface area contributed by atoms with Gasteiger partial charge in [-0.15, -0.1) is 0 Å². The molecule has 8 aromatic carbocycles. The van der Waals surface area contributed by atoms with Gasteiger partial charge in [0.2, 0.25) is 15.7 Å². The molecule has 0 aromatic heterocycles. The van der Waals surface area contributed by atoms with Crippen molar-refractivity contribution in [3.05, 3.63) is 194 Å². The smallest absolute Gasteiger partial charge is 0.209 e. The first-order valence-corrected chi connectivity index (χ1v) is 68.5. The van der Waals surface area contributed by atoms with Crippen LogP contribution in [0.5, 0.6) is 0 Å². The minimum Gasteiger partial charge on any atom is -0.418 e. The first-order valence-electron chi connectivity index (χ1n) is 41.7. The molecule has 0 saturated heterocycles. The Bertz CT molecular complexity index is 3780. The summed E-state index contributed by atoms with van der Waals surface area (Å²) in [4.78, 5) is 20.4. The molecule has 8 atom stereocenters. The first kappa shape index (κ1) is 87.4. The lowest BCUT2D eigenvalue weighted by Gasteiger charge is -2.69. The average molecular weight is 1590 g/mol. The lowest BCUT2D eigenvalue weighted by Crippen LogP contribution is -3.07. The molecule has 0 aliphatic heterocycles. The van der Waals surface area contributed by atoms with Crippen LogP contribution >= 0.6 is 0 Å². The summed E-state index contributed by atoms with van der Waals surface area (Å²) in [6, 6.07) is 83.6. The van der Waals surface area contributed by atoms with Crippen LogP contribution in [0, 0.1) is 0 Å². The Labute approximate surface area is 664 Å². The fourth-order valence-corrected chi connectivity index (χ4v) is 244. The predicted octanol–water partition coefficient (Wildman–Crippen LogP) is 15.5. The topological polar surface area (TPSA) is 44.4 Å². The average Bonchev–Trinajstić information content (AvgIpc) is 0.646. The van der Waals surface area contributed by atoms with E-state index >= 15 is 0 Å². The van der Waals surface area contributed by atoms with Gasteiger partial charge in [0.05, 0.1) is 28.4 Å². The fraction of sp³-hybridized carbons (Fsp3) is 0.467. The van der Waals surface area contributed by atoms with E-state index in [1.165, 1.54) is 66.2 Å². The zero-order valence-electron chi connectivity index (χ0n) is 72.2. The van der Waals surface area contributed by atoms with Gasteiger partial charge in [-0.25, -0.2) is 0 Å². The second kappa shape index (κ2) is 37.4. The van der Waals surface area contributed by atoms with Gasteiger partial charge in [-0.2, -0.15) is 0 Å². The molecular formula is C90H142N8O2Si8. The molecule has 0 aliphatic rings. The Morgan fingerprint density at radius 3 is 0.380 bits per heavy atom. The van der Waals surface area contributed by atoms with Gasteiger partial charge in [-0.1, -0.05) is 167 Å². The molecule has 0 heterocycles. The highest BCUT2D eigenvalue weighted by Gasteiger charge is 2.81. The Kier molecular flexibility index (Phi) is 30.3. The lowest BCUT2D eigenvalue weighted by atomic mass is 10.3.